The SMILES string of the molecule is C.C.[B][CH2-]. The standard InChI is InChI=1S/CH2B.2CH4/c1-2;;/h1H2;2*1H4/q-1;;. The Hall–Kier alpha value is 0.0649. The van der Waals surface area contributed by atoms with Crippen molar-refractivity contribution in [3.05, 3.63) is 6.82 Å². The second-order valence-corrected chi connectivity index (χ2v) is 0. The molecule has 0 nitrogen and oxygen atoms in total. The van der Waals surface area contributed by atoms with Crippen LogP contribution in [0.25, 0.3) is 0 Å². The van der Waals surface area contributed by atoms with Crippen molar-refractivity contribution in [2.24, 2.45) is 0 Å². The predicted octanol–water partition coefficient (Wildman–Crippen LogP) is 1.22. The number of hydrogen-bond acceptors (Lipinski definition) is 0. The summed E-state index contributed by atoms with van der Waals surface area (Å²) in [6, 6.07) is 0. The second kappa shape index (κ2) is 3100. The van der Waals surface area contributed by atoms with Crippen molar-refractivity contribution >= 4 is 7.85 Å². The molecule has 0 aromatic rings. The Kier molecular flexibility index (Phi) is 26100. The minimum atomic E-state index is 0. The number of hydrogen-bond donors (Lipinski definition) is 0. The highest BCUT2D eigenvalue weighted by molar-refractivity contribution is 6.10. The van der Waals surface area contributed by atoms with Crippen LogP contribution in [0.3, 0.4) is 0 Å². The third-order valence-corrected chi connectivity index (χ3v) is 0. The maximum absolute atomic E-state index is 4.25. The Balaban J connectivity index is -0.00000000500. The molecule has 0 unspecified atom stereocenters. The van der Waals surface area contributed by atoms with Gasteiger partial charge in [0.2, 0.25) is 0 Å². The minimum Gasteiger partial charge on any atom is -0.382 e. The van der Waals surface area contributed by atoms with Crippen LogP contribution in [0.1, 0.15) is 14.9 Å². The maximum Gasteiger partial charge on any atom is -0.0776 e. The van der Waals surface area contributed by atoms with Crippen molar-refractivity contribution in [1.82, 2.24) is 0 Å². The average Bonchev–Trinajstić information content (AvgIpc) is 1.00. The Morgan fingerprint density at radius 2 is 1.00 bits per heavy atom. The molecule has 0 aliphatic carbocycles. The summed E-state index contributed by atoms with van der Waals surface area (Å²) in [5, 5.41) is 0. The lowest BCUT2D eigenvalue weighted by molar-refractivity contribution is 2.50. The topological polar surface area (TPSA) is 0 Å². The molecule has 2 radical (unpaired) electrons. The normalized spacial score (nSPS) is 1.25. The summed E-state index contributed by atoms with van der Waals surface area (Å²) in [6.07, 6.45) is 0. The van der Waals surface area contributed by atoms with Crippen LogP contribution >= 0.6 is 0 Å². The molecule has 0 N–H and O–H groups in total. The molecule has 0 rings (SSSR count). The first-order valence-electron chi connectivity index (χ1n) is 0.408. The van der Waals surface area contributed by atoms with Crippen LogP contribution in [0.5, 0.6) is 0 Å². The van der Waals surface area contributed by atoms with E-state index in [1.54, 1.807) is 0 Å². The van der Waals surface area contributed by atoms with Gasteiger partial charge in [-0.15, -0.1) is 0 Å². The summed E-state index contributed by atoms with van der Waals surface area (Å²) in [4.78, 5) is 0. The molecule has 0 saturated heterocycles. The van der Waals surface area contributed by atoms with Crippen molar-refractivity contribution in [2.75, 3.05) is 0 Å². The summed E-state index contributed by atoms with van der Waals surface area (Å²) in [5.74, 6) is 0. The average molecular weight is 56.9 g/mol. The van der Waals surface area contributed by atoms with Gasteiger partial charge in [-0.1, -0.05) is 14.9 Å². The van der Waals surface area contributed by atoms with Gasteiger partial charge in [-0.2, -0.15) is 7.85 Å². The van der Waals surface area contributed by atoms with Crippen LogP contribution in [0.4, 0.5) is 0 Å². The molecule has 0 aromatic carbocycles. The fourth-order valence-electron chi connectivity index (χ4n) is 0. The van der Waals surface area contributed by atoms with E-state index < -0.39 is 0 Å². The predicted molar refractivity (Wildman–Crippen MR) is 24.6 cm³/mol. The summed E-state index contributed by atoms with van der Waals surface area (Å²) in [5.41, 5.74) is 0. The maximum atomic E-state index is 4.25. The molecule has 0 aliphatic heterocycles. The van der Waals surface area contributed by atoms with Gasteiger partial charge < -0.3 is 6.82 Å². The first kappa shape index (κ1) is 33.7. The Morgan fingerprint density at radius 1 is 1.00 bits per heavy atom. The van der Waals surface area contributed by atoms with E-state index >= 15 is 0 Å². The van der Waals surface area contributed by atoms with Gasteiger partial charge >= 0.3 is 0 Å². The van der Waals surface area contributed by atoms with Crippen molar-refractivity contribution < 1.29 is 0 Å². The monoisotopic (exact) mass is 57.1 g/mol. The smallest absolute Gasteiger partial charge is 0.0776 e. The van der Waals surface area contributed by atoms with Crippen molar-refractivity contribution in [1.29, 1.82) is 0 Å². The van der Waals surface area contributed by atoms with E-state index in [2.05, 4.69) is 14.7 Å². The summed E-state index contributed by atoms with van der Waals surface area (Å²) >= 11 is 0. The van der Waals surface area contributed by atoms with Crippen LogP contribution in [0, 0.1) is 6.82 Å². The lowest BCUT2D eigenvalue weighted by Crippen LogP contribution is -1.18. The van der Waals surface area contributed by atoms with Crippen molar-refractivity contribution in [2.45, 2.75) is 14.9 Å². The summed E-state index contributed by atoms with van der Waals surface area (Å²) in [7, 11) is 4.25. The van der Waals surface area contributed by atoms with Crippen LogP contribution in [-0.4, -0.2) is 7.85 Å². The zero-order valence-electron chi connectivity index (χ0n) is 1.28. The van der Waals surface area contributed by atoms with Gasteiger partial charge in [0.25, 0.3) is 0 Å². The van der Waals surface area contributed by atoms with Crippen LogP contribution < -0.4 is 0 Å². The van der Waals surface area contributed by atoms with Gasteiger partial charge in [0, 0.05) is 0 Å². The van der Waals surface area contributed by atoms with E-state index in [1.807, 2.05) is 0 Å². The van der Waals surface area contributed by atoms with Crippen LogP contribution in [0.2, 0.25) is 0 Å². The minimum absolute atomic E-state index is 0. The van der Waals surface area contributed by atoms with E-state index in [1.165, 1.54) is 0 Å². The summed E-state index contributed by atoms with van der Waals surface area (Å²) < 4.78 is 0. The summed E-state index contributed by atoms with van der Waals surface area (Å²) in [6.45, 7) is 2.75. The fraction of sp³-hybridized carbons (Fsp3) is 0.667. The highest BCUT2D eigenvalue weighted by atomic mass is 12.6. The Bertz CT molecular complexity index is 3.25. The van der Waals surface area contributed by atoms with Crippen LogP contribution in [0.15, 0.2) is 0 Å². The zero-order chi connectivity index (χ0) is 2.00. The van der Waals surface area contributed by atoms with Gasteiger partial charge in [0.15, 0.2) is 0 Å². The van der Waals surface area contributed by atoms with E-state index in [9.17, 15) is 0 Å². The quantitative estimate of drug-likeness (QED) is 0.289. The number of rotatable bonds is 0. The van der Waals surface area contributed by atoms with Gasteiger partial charge in [-0.3, -0.25) is 0 Å². The molecule has 26 valence electrons. The second-order valence-electron chi connectivity index (χ2n) is 0. The highest BCUT2D eigenvalue weighted by Gasteiger charge is 0.723. The van der Waals surface area contributed by atoms with E-state index in [4.69, 9.17) is 0 Å². The molecule has 0 saturated carbocycles. The van der Waals surface area contributed by atoms with Crippen LogP contribution in [-0.2, 0) is 0 Å². The molecule has 0 amide bonds. The molecule has 1 heteroatoms. The van der Waals surface area contributed by atoms with Gasteiger partial charge in [-0.25, -0.2) is 0 Å². The molecule has 0 aromatic heterocycles. The van der Waals surface area contributed by atoms with E-state index in [-0.39, 0.29) is 14.9 Å². The van der Waals surface area contributed by atoms with Gasteiger partial charge in [0.1, 0.15) is 0 Å². The fourth-order valence-corrected chi connectivity index (χ4v) is 0. The molecule has 0 atom stereocenters. The molecule has 0 heterocycles. The molecular formula is C3H10B-. The molecule has 0 spiro atoms. The zero-order valence-corrected chi connectivity index (χ0v) is 1.28. The highest BCUT2D eigenvalue weighted by Crippen LogP contribution is 0.877. The molecule has 4 heavy (non-hydrogen) atoms. The first-order chi connectivity index (χ1) is 1.00. The van der Waals surface area contributed by atoms with Gasteiger partial charge in [-0.05, 0) is 0 Å². The largest absolute Gasteiger partial charge is 0.382 e. The molecule has 0 bridgehead atoms. The first-order valence-corrected chi connectivity index (χ1v) is 0.408. The lowest BCUT2D eigenvalue weighted by Gasteiger charge is -1.29. The third kappa shape index (κ3) is 555. The third-order valence-electron chi connectivity index (χ3n) is 0. The van der Waals surface area contributed by atoms with E-state index in [0.29, 0.717) is 0 Å². The van der Waals surface area contributed by atoms with E-state index in [0.717, 1.165) is 0 Å². The molecule has 0 aliphatic rings. The van der Waals surface area contributed by atoms with Crippen molar-refractivity contribution in [3.63, 3.8) is 0 Å². The van der Waals surface area contributed by atoms with Gasteiger partial charge in [0.05, 0.1) is 0 Å². The van der Waals surface area contributed by atoms with Crippen molar-refractivity contribution in [3.8, 4) is 0 Å². The Labute approximate surface area is 30.6 Å². The molecular weight excluding hydrogens is 46.8 g/mol. The Morgan fingerprint density at radius 3 is 1.00 bits per heavy atom. The molecule has 0 fully saturated rings. The lowest BCUT2D eigenvalue weighted by atomic mass is 10.2.